The number of aromatic hydroxyl groups is 1. The van der Waals surface area contributed by atoms with Crippen LogP contribution in [0, 0.1) is 6.92 Å². The molecule has 4 rings (SSSR count). The van der Waals surface area contributed by atoms with Gasteiger partial charge in [0.1, 0.15) is 29.5 Å². The van der Waals surface area contributed by atoms with E-state index in [0.717, 1.165) is 11.1 Å². The van der Waals surface area contributed by atoms with Gasteiger partial charge in [-0.15, -0.1) is 0 Å². The van der Waals surface area contributed by atoms with Crippen molar-refractivity contribution in [1.29, 1.82) is 0 Å². The lowest BCUT2D eigenvalue weighted by Crippen LogP contribution is -1.96. The zero-order chi connectivity index (χ0) is 20.2. The average molecular weight is 407 g/mol. The molecule has 0 radical (unpaired) electrons. The molecule has 2 N–H and O–H groups in total. The lowest BCUT2D eigenvalue weighted by molar-refractivity contribution is 0.304. The lowest BCUT2D eigenvalue weighted by atomic mass is 10.1. The molecule has 146 valence electrons. The predicted molar refractivity (Wildman–Crippen MR) is 113 cm³/mol. The Balaban J connectivity index is 1.53. The number of rotatable bonds is 6. The van der Waals surface area contributed by atoms with Crippen molar-refractivity contribution in [2.75, 3.05) is 0 Å². The number of H-pyrrole nitrogens is 1. The van der Waals surface area contributed by atoms with Crippen molar-refractivity contribution in [1.82, 2.24) is 10.2 Å². The van der Waals surface area contributed by atoms with Gasteiger partial charge in [0, 0.05) is 22.2 Å². The van der Waals surface area contributed by atoms with E-state index in [1.807, 2.05) is 55.5 Å². The second kappa shape index (κ2) is 8.29. The summed E-state index contributed by atoms with van der Waals surface area (Å²) in [4.78, 5) is 0. The number of aromatic amines is 1. The number of hydrogen-bond donors (Lipinski definition) is 2. The fourth-order valence-corrected chi connectivity index (χ4v) is 3.13. The molecule has 1 heterocycles. The van der Waals surface area contributed by atoms with Crippen LogP contribution in [-0.2, 0) is 6.61 Å². The van der Waals surface area contributed by atoms with Crippen molar-refractivity contribution in [2.45, 2.75) is 13.5 Å². The molecule has 0 aliphatic rings. The minimum Gasteiger partial charge on any atom is -0.507 e. The van der Waals surface area contributed by atoms with E-state index in [1.165, 1.54) is 0 Å². The van der Waals surface area contributed by atoms with Gasteiger partial charge in [0.15, 0.2) is 5.75 Å². The molecule has 0 saturated carbocycles. The van der Waals surface area contributed by atoms with E-state index in [9.17, 15) is 5.11 Å². The van der Waals surface area contributed by atoms with Gasteiger partial charge in [-0.25, -0.2) is 0 Å². The van der Waals surface area contributed by atoms with Gasteiger partial charge in [-0.2, -0.15) is 5.10 Å². The lowest BCUT2D eigenvalue weighted by Gasteiger charge is -2.11. The molecule has 0 fully saturated rings. The minimum atomic E-state index is 0.0556. The Morgan fingerprint density at radius 1 is 1.00 bits per heavy atom. The van der Waals surface area contributed by atoms with Crippen molar-refractivity contribution in [3.63, 3.8) is 0 Å². The second-order valence-corrected chi connectivity index (χ2v) is 6.99. The summed E-state index contributed by atoms with van der Waals surface area (Å²) in [6, 6.07) is 20.3. The number of aryl methyl sites for hydroxylation is 1. The fourth-order valence-electron chi connectivity index (χ4n) is 2.94. The predicted octanol–water partition coefficient (Wildman–Crippen LogP) is 6.12. The first-order chi connectivity index (χ1) is 14.1. The Labute approximate surface area is 173 Å². The van der Waals surface area contributed by atoms with Gasteiger partial charge in [-0.05, 0) is 42.8 Å². The highest BCUT2D eigenvalue weighted by atomic mass is 35.5. The molecule has 3 aromatic carbocycles. The van der Waals surface area contributed by atoms with Crippen molar-refractivity contribution in [2.24, 2.45) is 0 Å². The molecule has 0 amide bonds. The third kappa shape index (κ3) is 4.36. The third-order valence-corrected chi connectivity index (χ3v) is 4.78. The van der Waals surface area contributed by atoms with Crippen LogP contribution in [0.25, 0.3) is 11.3 Å². The van der Waals surface area contributed by atoms with Gasteiger partial charge in [0.05, 0.1) is 6.20 Å². The van der Waals surface area contributed by atoms with E-state index in [2.05, 4.69) is 10.2 Å². The molecule has 1 aromatic heterocycles. The molecule has 29 heavy (non-hydrogen) atoms. The summed E-state index contributed by atoms with van der Waals surface area (Å²) in [5.74, 6) is 1.81. The summed E-state index contributed by atoms with van der Waals surface area (Å²) >= 11 is 6.15. The van der Waals surface area contributed by atoms with Crippen LogP contribution in [0.2, 0.25) is 5.02 Å². The summed E-state index contributed by atoms with van der Waals surface area (Å²) in [6.07, 6.45) is 1.58. The normalized spacial score (nSPS) is 10.7. The quantitative estimate of drug-likeness (QED) is 0.405. The SMILES string of the molecule is Cc1cccc(Oc2cn[nH]c2-c2ccc(OCc3ccccc3Cl)cc2O)c1. The number of halogens is 1. The first kappa shape index (κ1) is 18.9. The fraction of sp³-hybridized carbons (Fsp3) is 0.0870. The Morgan fingerprint density at radius 3 is 2.66 bits per heavy atom. The molecule has 0 saturated heterocycles. The number of benzene rings is 3. The molecule has 0 spiro atoms. The zero-order valence-electron chi connectivity index (χ0n) is 15.7. The molecule has 0 aliphatic carbocycles. The van der Waals surface area contributed by atoms with E-state index in [4.69, 9.17) is 21.1 Å². The maximum absolute atomic E-state index is 10.5. The van der Waals surface area contributed by atoms with Crippen LogP contribution < -0.4 is 9.47 Å². The van der Waals surface area contributed by atoms with Gasteiger partial charge in [0.2, 0.25) is 0 Å². The number of aromatic nitrogens is 2. The van der Waals surface area contributed by atoms with Crippen LogP contribution in [0.1, 0.15) is 11.1 Å². The molecule has 0 atom stereocenters. The maximum atomic E-state index is 10.5. The highest BCUT2D eigenvalue weighted by molar-refractivity contribution is 6.31. The van der Waals surface area contributed by atoms with E-state index in [0.29, 0.717) is 40.1 Å². The van der Waals surface area contributed by atoms with E-state index in [-0.39, 0.29) is 5.75 Å². The largest absolute Gasteiger partial charge is 0.507 e. The first-order valence-electron chi connectivity index (χ1n) is 9.07. The summed E-state index contributed by atoms with van der Waals surface area (Å²) < 4.78 is 11.7. The molecular formula is C23H19ClN2O3. The number of phenols is 1. The van der Waals surface area contributed by atoms with Crippen LogP contribution in [-0.4, -0.2) is 15.3 Å². The summed E-state index contributed by atoms with van der Waals surface area (Å²) in [6.45, 7) is 2.31. The van der Waals surface area contributed by atoms with Crippen LogP contribution in [0.5, 0.6) is 23.0 Å². The second-order valence-electron chi connectivity index (χ2n) is 6.59. The van der Waals surface area contributed by atoms with Crippen LogP contribution in [0.3, 0.4) is 0 Å². The van der Waals surface area contributed by atoms with Crippen molar-refractivity contribution >= 4 is 11.6 Å². The average Bonchev–Trinajstić information content (AvgIpc) is 3.15. The smallest absolute Gasteiger partial charge is 0.173 e. The number of ether oxygens (including phenoxy) is 2. The number of nitrogens with one attached hydrogen (secondary N) is 1. The molecule has 4 aromatic rings. The Morgan fingerprint density at radius 2 is 1.86 bits per heavy atom. The summed E-state index contributed by atoms with van der Waals surface area (Å²) in [5.41, 5.74) is 3.12. The Kier molecular flexibility index (Phi) is 5.40. The van der Waals surface area contributed by atoms with Crippen LogP contribution in [0.15, 0.2) is 72.9 Å². The number of hydrogen-bond acceptors (Lipinski definition) is 4. The minimum absolute atomic E-state index is 0.0556. The van der Waals surface area contributed by atoms with E-state index < -0.39 is 0 Å². The van der Waals surface area contributed by atoms with Gasteiger partial charge in [-0.1, -0.05) is 41.9 Å². The highest BCUT2D eigenvalue weighted by Crippen LogP contribution is 2.38. The maximum Gasteiger partial charge on any atom is 0.173 e. The molecule has 0 bridgehead atoms. The van der Waals surface area contributed by atoms with Gasteiger partial charge >= 0.3 is 0 Å². The molecule has 6 heteroatoms. The van der Waals surface area contributed by atoms with Crippen LogP contribution in [0.4, 0.5) is 0 Å². The molecule has 0 aliphatic heterocycles. The highest BCUT2D eigenvalue weighted by Gasteiger charge is 2.15. The van der Waals surface area contributed by atoms with Gasteiger partial charge < -0.3 is 14.6 Å². The molecular weight excluding hydrogens is 388 g/mol. The monoisotopic (exact) mass is 406 g/mol. The van der Waals surface area contributed by atoms with E-state index in [1.54, 1.807) is 24.4 Å². The van der Waals surface area contributed by atoms with Crippen molar-refractivity contribution in [3.8, 4) is 34.3 Å². The topological polar surface area (TPSA) is 67.4 Å². The van der Waals surface area contributed by atoms with Crippen molar-refractivity contribution in [3.05, 3.63) is 89.1 Å². The van der Waals surface area contributed by atoms with Crippen molar-refractivity contribution < 1.29 is 14.6 Å². The third-order valence-electron chi connectivity index (χ3n) is 4.41. The zero-order valence-corrected chi connectivity index (χ0v) is 16.5. The molecule has 5 nitrogen and oxygen atoms in total. The Bertz CT molecular complexity index is 1140. The van der Waals surface area contributed by atoms with Gasteiger partial charge in [0.25, 0.3) is 0 Å². The van der Waals surface area contributed by atoms with Crippen LogP contribution >= 0.6 is 11.6 Å². The standard InChI is InChI=1S/C23H19ClN2O3/c1-15-5-4-7-18(11-15)29-22-13-25-26-23(22)19-10-9-17(12-21(19)27)28-14-16-6-2-3-8-20(16)24/h2-13,27H,14H2,1H3,(H,25,26). The summed E-state index contributed by atoms with van der Waals surface area (Å²) in [7, 11) is 0. The number of phenolic OH excluding ortho intramolecular Hbond substituents is 1. The molecule has 0 unspecified atom stereocenters. The number of nitrogens with zero attached hydrogens (tertiary/aromatic N) is 1. The van der Waals surface area contributed by atoms with E-state index >= 15 is 0 Å². The van der Waals surface area contributed by atoms with Gasteiger partial charge in [-0.3, -0.25) is 5.10 Å². The Hall–Kier alpha value is -3.44. The first-order valence-corrected chi connectivity index (χ1v) is 9.45. The summed E-state index contributed by atoms with van der Waals surface area (Å²) in [5, 5.41) is 18.1.